The Labute approximate surface area is 202 Å². The second kappa shape index (κ2) is 10.1. The first-order valence-electron chi connectivity index (χ1n) is 11.7. The van der Waals surface area contributed by atoms with Gasteiger partial charge in [-0.1, -0.05) is 0 Å². The molecule has 2 aliphatic rings. The zero-order valence-corrected chi connectivity index (χ0v) is 19.5. The average Bonchev–Trinajstić information content (AvgIpc) is 2.87. The van der Waals surface area contributed by atoms with Gasteiger partial charge in [-0.15, -0.1) is 0 Å². The monoisotopic (exact) mass is 481 g/mol. The van der Waals surface area contributed by atoms with E-state index in [4.69, 9.17) is 9.47 Å². The van der Waals surface area contributed by atoms with Crippen molar-refractivity contribution in [2.24, 2.45) is 0 Å². The number of aliphatic hydroxyl groups excluding tert-OH is 1. The number of carbonyl (C=O) groups excluding carboxylic acids is 1. The minimum Gasteiger partial charge on any atom is -0.497 e. The number of anilines is 1. The van der Waals surface area contributed by atoms with Gasteiger partial charge in [-0.2, -0.15) is 0 Å². The van der Waals surface area contributed by atoms with E-state index in [9.17, 15) is 14.3 Å². The normalized spacial score (nSPS) is 20.3. The molecule has 3 aromatic rings. The summed E-state index contributed by atoms with van der Waals surface area (Å²) in [5.74, 6) is 1.08. The van der Waals surface area contributed by atoms with Gasteiger partial charge in [0.2, 0.25) is 0 Å². The molecule has 2 aliphatic heterocycles. The summed E-state index contributed by atoms with van der Waals surface area (Å²) in [5, 5.41) is 17.6. The van der Waals surface area contributed by atoms with Crippen molar-refractivity contribution in [2.75, 3.05) is 38.7 Å². The van der Waals surface area contributed by atoms with Crippen molar-refractivity contribution in [3.63, 3.8) is 0 Å². The van der Waals surface area contributed by atoms with Gasteiger partial charge in [-0.05, 0) is 49.7 Å². The number of benzene rings is 1. The van der Waals surface area contributed by atoms with Crippen LogP contribution in [0.1, 0.15) is 17.7 Å². The fourth-order valence-electron chi connectivity index (χ4n) is 4.63. The number of nitrogens with zero attached hydrogens (tertiary/aromatic N) is 3. The van der Waals surface area contributed by atoms with Gasteiger partial charge in [0.25, 0.3) is 5.91 Å². The minimum atomic E-state index is -0.566. The Morgan fingerprint density at radius 3 is 3.06 bits per heavy atom. The summed E-state index contributed by atoms with van der Waals surface area (Å²) in [6.07, 6.45) is 1.96. The molecule has 10 heteroatoms. The van der Waals surface area contributed by atoms with Crippen LogP contribution in [0, 0.1) is 5.82 Å². The molecule has 1 saturated heterocycles. The van der Waals surface area contributed by atoms with E-state index in [0.717, 1.165) is 29.6 Å². The third kappa shape index (κ3) is 5.19. The molecule has 1 fully saturated rings. The number of aliphatic hydroxyl groups is 1. The van der Waals surface area contributed by atoms with Gasteiger partial charge >= 0.3 is 0 Å². The Kier molecular flexibility index (Phi) is 6.76. The van der Waals surface area contributed by atoms with Gasteiger partial charge in [0.1, 0.15) is 11.6 Å². The highest BCUT2D eigenvalue weighted by Crippen LogP contribution is 2.27. The highest BCUT2D eigenvalue weighted by atomic mass is 19.1. The number of halogens is 1. The Balaban J connectivity index is 1.16. The number of hydrogen-bond acceptors (Lipinski definition) is 8. The summed E-state index contributed by atoms with van der Waals surface area (Å²) in [4.78, 5) is 22.3. The van der Waals surface area contributed by atoms with Crippen molar-refractivity contribution >= 4 is 22.6 Å². The topological polar surface area (TPSA) is 109 Å². The van der Waals surface area contributed by atoms with E-state index in [1.54, 1.807) is 13.2 Å². The summed E-state index contributed by atoms with van der Waals surface area (Å²) >= 11 is 0. The molecule has 0 radical (unpaired) electrons. The smallest absolute Gasteiger partial charge is 0.263 e. The van der Waals surface area contributed by atoms with Gasteiger partial charge in [0.05, 0.1) is 30.6 Å². The molecule has 1 aromatic carbocycles. The number of pyridine rings is 2. The summed E-state index contributed by atoms with van der Waals surface area (Å²) in [6.45, 7) is 2.36. The average molecular weight is 482 g/mol. The second-order valence-corrected chi connectivity index (χ2v) is 8.85. The maximum atomic E-state index is 14.6. The lowest BCUT2D eigenvalue weighted by Gasteiger charge is -2.36. The van der Waals surface area contributed by atoms with E-state index in [0.29, 0.717) is 48.9 Å². The van der Waals surface area contributed by atoms with Crippen molar-refractivity contribution < 1.29 is 23.8 Å². The zero-order chi connectivity index (χ0) is 24.4. The molecule has 0 bridgehead atoms. The molecule has 1 amide bonds. The maximum Gasteiger partial charge on any atom is 0.263 e. The van der Waals surface area contributed by atoms with E-state index >= 15 is 0 Å². The lowest BCUT2D eigenvalue weighted by atomic mass is 10.00. The van der Waals surface area contributed by atoms with Crippen LogP contribution in [-0.4, -0.2) is 71.4 Å². The number of β-amino-alcohol motifs (C(OH)–C–C–N with tert-alkyl or cyclic N) is 1. The summed E-state index contributed by atoms with van der Waals surface area (Å²) in [6, 6.07) is 9.00. The Morgan fingerprint density at radius 1 is 1.34 bits per heavy atom. The van der Waals surface area contributed by atoms with Crippen LogP contribution in [0.2, 0.25) is 0 Å². The largest absolute Gasteiger partial charge is 0.497 e. The quantitative estimate of drug-likeness (QED) is 0.470. The van der Waals surface area contributed by atoms with Gasteiger partial charge in [-0.3, -0.25) is 9.78 Å². The third-order valence-corrected chi connectivity index (χ3v) is 6.56. The highest BCUT2D eigenvalue weighted by Gasteiger charge is 2.28. The lowest BCUT2D eigenvalue weighted by molar-refractivity contribution is -0.118. The molecule has 4 heterocycles. The summed E-state index contributed by atoms with van der Waals surface area (Å²) in [5.41, 5.74) is 2.09. The van der Waals surface area contributed by atoms with Gasteiger partial charge in [-0.25, -0.2) is 9.37 Å². The molecule has 2 atom stereocenters. The van der Waals surface area contributed by atoms with E-state index in [2.05, 4.69) is 25.5 Å². The van der Waals surface area contributed by atoms with Gasteiger partial charge in [0.15, 0.2) is 18.2 Å². The van der Waals surface area contributed by atoms with Crippen molar-refractivity contribution in [3.8, 4) is 11.5 Å². The number of ether oxygens (including phenoxy) is 2. The van der Waals surface area contributed by atoms with E-state index in [1.165, 1.54) is 6.20 Å². The highest BCUT2D eigenvalue weighted by molar-refractivity contribution is 5.94. The van der Waals surface area contributed by atoms with Crippen molar-refractivity contribution in [1.29, 1.82) is 0 Å². The Morgan fingerprint density at radius 2 is 2.23 bits per heavy atom. The number of aromatic nitrogens is 2. The molecule has 184 valence electrons. The van der Waals surface area contributed by atoms with Crippen LogP contribution < -0.4 is 20.1 Å². The van der Waals surface area contributed by atoms with Crippen LogP contribution in [0.4, 0.5) is 10.2 Å². The molecule has 0 unspecified atom stereocenters. The molecule has 9 nitrogen and oxygen atoms in total. The van der Waals surface area contributed by atoms with Crippen LogP contribution in [0.3, 0.4) is 0 Å². The first-order valence-corrected chi connectivity index (χ1v) is 11.7. The molecule has 5 rings (SSSR count). The number of piperidine rings is 1. The number of fused-ring (bicyclic) bond motifs is 2. The first-order chi connectivity index (χ1) is 17.0. The van der Waals surface area contributed by atoms with Crippen LogP contribution in [0.25, 0.3) is 10.9 Å². The molecule has 3 N–H and O–H groups in total. The molecule has 0 saturated carbocycles. The molecule has 0 spiro atoms. The number of rotatable bonds is 7. The molecular formula is C25H28FN5O4. The second-order valence-electron chi connectivity index (χ2n) is 8.85. The van der Waals surface area contributed by atoms with Crippen LogP contribution in [0.5, 0.6) is 11.5 Å². The lowest BCUT2D eigenvalue weighted by Crippen LogP contribution is -2.52. The van der Waals surface area contributed by atoms with Gasteiger partial charge < -0.3 is 30.1 Å². The standard InChI is InChI=1S/C25H28FN5O4/c1-34-16-3-4-20-18(10-16)17(19(26)12-28-20)6-8-31-9-7-21(22(32)13-31)27-11-15-2-5-23-25(29-15)30-24(33)14-35-23/h2-5,10,12,21-22,27,32H,6-9,11,13-14H2,1H3,(H,29,30,33)/t21-,22-/m1/s1. The predicted octanol–water partition coefficient (Wildman–Crippen LogP) is 1.88. The van der Waals surface area contributed by atoms with Crippen molar-refractivity contribution in [1.82, 2.24) is 20.2 Å². The number of carbonyl (C=O) groups is 1. The SMILES string of the molecule is COc1ccc2ncc(F)c(CCN3CC[C@@H](NCc4ccc5c(n4)NC(=O)CO5)[C@H](O)C3)c2c1. The van der Waals surface area contributed by atoms with Crippen molar-refractivity contribution in [3.05, 3.63) is 53.6 Å². The van der Waals surface area contributed by atoms with Crippen molar-refractivity contribution in [2.45, 2.75) is 31.5 Å². The predicted molar refractivity (Wildman–Crippen MR) is 128 cm³/mol. The number of hydrogen-bond donors (Lipinski definition) is 3. The molecule has 0 aliphatic carbocycles. The van der Waals surface area contributed by atoms with E-state index in [-0.39, 0.29) is 24.4 Å². The zero-order valence-electron chi connectivity index (χ0n) is 19.5. The fraction of sp³-hybridized carbons (Fsp3) is 0.400. The van der Waals surface area contributed by atoms with Crippen LogP contribution in [0.15, 0.2) is 36.5 Å². The number of amides is 1. The minimum absolute atomic E-state index is 0.00470. The Hall–Kier alpha value is -3.34. The van der Waals surface area contributed by atoms with Gasteiger partial charge in [0, 0.05) is 36.6 Å². The number of methoxy groups -OCH3 is 1. The maximum absolute atomic E-state index is 14.6. The third-order valence-electron chi connectivity index (χ3n) is 6.56. The summed E-state index contributed by atoms with van der Waals surface area (Å²) in [7, 11) is 1.58. The molecular weight excluding hydrogens is 453 g/mol. The Bertz CT molecular complexity index is 1240. The number of nitrogens with one attached hydrogen (secondary N) is 2. The van der Waals surface area contributed by atoms with Crippen LogP contribution in [-0.2, 0) is 17.8 Å². The first kappa shape index (κ1) is 23.4. The van der Waals surface area contributed by atoms with Crippen LogP contribution >= 0.6 is 0 Å². The van der Waals surface area contributed by atoms with E-state index in [1.807, 2.05) is 24.3 Å². The van der Waals surface area contributed by atoms with E-state index < -0.39 is 6.10 Å². The summed E-state index contributed by atoms with van der Waals surface area (Å²) < 4.78 is 25.3. The number of likely N-dealkylation sites (tertiary alicyclic amines) is 1. The fourth-order valence-corrected chi connectivity index (χ4v) is 4.63. The molecule has 35 heavy (non-hydrogen) atoms. The molecule has 2 aromatic heterocycles.